The molecule has 4 aromatic rings. The Morgan fingerprint density at radius 3 is 2.47 bits per heavy atom. The van der Waals surface area contributed by atoms with E-state index < -0.39 is 0 Å². The first kappa shape index (κ1) is 21.1. The quantitative estimate of drug-likeness (QED) is 0.423. The fourth-order valence-electron chi connectivity index (χ4n) is 3.25. The zero-order chi connectivity index (χ0) is 22.5. The van der Waals surface area contributed by atoms with Gasteiger partial charge in [-0.2, -0.15) is 5.10 Å². The van der Waals surface area contributed by atoms with Gasteiger partial charge in [-0.1, -0.05) is 42.5 Å². The molecule has 7 nitrogen and oxygen atoms in total. The molecule has 0 saturated carbocycles. The lowest BCUT2D eigenvalue weighted by molar-refractivity contribution is 0.102. The summed E-state index contributed by atoms with van der Waals surface area (Å²) < 4.78 is 11.1. The van der Waals surface area contributed by atoms with Gasteiger partial charge in [-0.05, 0) is 44.2 Å². The molecule has 32 heavy (non-hydrogen) atoms. The van der Waals surface area contributed by atoms with Gasteiger partial charge in [0, 0.05) is 16.7 Å². The number of methoxy groups -OCH3 is 1. The third kappa shape index (κ3) is 4.62. The average Bonchev–Trinajstić information content (AvgIpc) is 3.30. The fourth-order valence-corrected chi connectivity index (χ4v) is 3.25. The standard InChI is InChI=1S/C25H24N4O3/c1-16(2)32-21-14-13-18(15-22(21)31-3)25(30)26-20-12-8-7-11-19(20)24-27-23(28-29-24)17-9-5-4-6-10-17/h4-16H,1-3H3,(H,26,30)(H,27,28,29). The second-order valence-corrected chi connectivity index (χ2v) is 7.41. The molecule has 7 heteroatoms. The number of hydrogen-bond acceptors (Lipinski definition) is 5. The van der Waals surface area contributed by atoms with Crippen molar-refractivity contribution < 1.29 is 14.3 Å². The van der Waals surface area contributed by atoms with Crippen LogP contribution in [0.15, 0.2) is 72.8 Å². The molecule has 0 aliphatic heterocycles. The van der Waals surface area contributed by atoms with Gasteiger partial charge in [-0.25, -0.2) is 4.98 Å². The van der Waals surface area contributed by atoms with E-state index >= 15 is 0 Å². The zero-order valence-corrected chi connectivity index (χ0v) is 18.1. The summed E-state index contributed by atoms with van der Waals surface area (Å²) in [4.78, 5) is 17.6. The number of benzene rings is 3. The van der Waals surface area contributed by atoms with Gasteiger partial charge in [0.25, 0.3) is 5.91 Å². The Labute approximate surface area is 186 Å². The number of aromatic amines is 1. The number of rotatable bonds is 7. The summed E-state index contributed by atoms with van der Waals surface area (Å²) in [5.41, 5.74) is 2.72. The first-order chi connectivity index (χ1) is 15.5. The fraction of sp³-hybridized carbons (Fsp3) is 0.160. The number of anilines is 1. The summed E-state index contributed by atoms with van der Waals surface area (Å²) in [6.45, 7) is 3.87. The minimum Gasteiger partial charge on any atom is -0.493 e. The molecule has 0 radical (unpaired) electrons. The maximum absolute atomic E-state index is 13.0. The normalized spacial score (nSPS) is 10.8. The second-order valence-electron chi connectivity index (χ2n) is 7.41. The third-order valence-electron chi connectivity index (χ3n) is 4.74. The van der Waals surface area contributed by atoms with Crippen molar-refractivity contribution in [2.75, 3.05) is 12.4 Å². The van der Waals surface area contributed by atoms with E-state index in [4.69, 9.17) is 9.47 Å². The smallest absolute Gasteiger partial charge is 0.255 e. The molecule has 0 fully saturated rings. The maximum Gasteiger partial charge on any atom is 0.255 e. The number of H-pyrrole nitrogens is 1. The molecule has 0 spiro atoms. The Morgan fingerprint density at radius 1 is 0.969 bits per heavy atom. The van der Waals surface area contributed by atoms with E-state index in [1.165, 1.54) is 0 Å². The summed E-state index contributed by atoms with van der Waals surface area (Å²) in [6.07, 6.45) is -0.00173. The molecule has 3 aromatic carbocycles. The van der Waals surface area contributed by atoms with E-state index in [9.17, 15) is 4.79 Å². The van der Waals surface area contributed by atoms with Crippen molar-refractivity contribution in [1.82, 2.24) is 15.2 Å². The SMILES string of the molecule is COc1cc(C(=O)Nc2ccccc2-c2nc(-c3ccccc3)n[nH]2)ccc1OC(C)C. The van der Waals surface area contributed by atoms with Gasteiger partial charge >= 0.3 is 0 Å². The molecular weight excluding hydrogens is 404 g/mol. The van der Waals surface area contributed by atoms with Crippen molar-refractivity contribution in [2.24, 2.45) is 0 Å². The predicted octanol–water partition coefficient (Wildman–Crippen LogP) is 5.19. The second kappa shape index (κ2) is 9.34. The first-order valence-corrected chi connectivity index (χ1v) is 10.3. The van der Waals surface area contributed by atoms with E-state index in [1.54, 1.807) is 25.3 Å². The predicted molar refractivity (Wildman–Crippen MR) is 124 cm³/mol. The summed E-state index contributed by atoms with van der Waals surface area (Å²) >= 11 is 0. The summed E-state index contributed by atoms with van der Waals surface area (Å²) in [6, 6.07) is 22.3. The Bertz CT molecular complexity index is 1220. The molecule has 2 N–H and O–H groups in total. The van der Waals surface area contributed by atoms with Gasteiger partial charge in [0.05, 0.1) is 18.9 Å². The summed E-state index contributed by atoms with van der Waals surface area (Å²) in [5.74, 6) is 1.98. The van der Waals surface area contributed by atoms with Gasteiger partial charge in [0.1, 0.15) is 0 Å². The Morgan fingerprint density at radius 2 is 1.72 bits per heavy atom. The van der Waals surface area contributed by atoms with Gasteiger partial charge < -0.3 is 14.8 Å². The highest BCUT2D eigenvalue weighted by Crippen LogP contribution is 2.31. The molecule has 0 bridgehead atoms. The van der Waals surface area contributed by atoms with Crippen molar-refractivity contribution in [1.29, 1.82) is 0 Å². The van der Waals surface area contributed by atoms with E-state index in [0.717, 1.165) is 11.1 Å². The number of nitrogens with zero attached hydrogens (tertiary/aromatic N) is 2. The number of para-hydroxylation sites is 1. The molecule has 0 aliphatic rings. The molecule has 1 heterocycles. The van der Waals surface area contributed by atoms with E-state index in [0.29, 0.717) is 34.4 Å². The Kier molecular flexibility index (Phi) is 6.17. The number of carbonyl (C=O) groups is 1. The van der Waals surface area contributed by atoms with Crippen molar-refractivity contribution >= 4 is 11.6 Å². The number of amides is 1. The highest BCUT2D eigenvalue weighted by Gasteiger charge is 2.16. The van der Waals surface area contributed by atoms with Crippen molar-refractivity contribution in [2.45, 2.75) is 20.0 Å². The zero-order valence-electron chi connectivity index (χ0n) is 18.1. The molecule has 4 rings (SSSR count). The van der Waals surface area contributed by atoms with Crippen LogP contribution in [0.3, 0.4) is 0 Å². The lowest BCUT2D eigenvalue weighted by Crippen LogP contribution is -2.13. The van der Waals surface area contributed by atoms with Crippen LogP contribution in [0.4, 0.5) is 5.69 Å². The van der Waals surface area contributed by atoms with Crippen molar-refractivity contribution in [3.05, 3.63) is 78.4 Å². The average molecular weight is 428 g/mol. The van der Waals surface area contributed by atoms with Crippen LogP contribution in [0.1, 0.15) is 24.2 Å². The first-order valence-electron chi connectivity index (χ1n) is 10.3. The van der Waals surface area contributed by atoms with Crippen molar-refractivity contribution in [3.8, 4) is 34.3 Å². The lowest BCUT2D eigenvalue weighted by atomic mass is 10.1. The number of hydrogen-bond donors (Lipinski definition) is 2. The summed E-state index contributed by atoms with van der Waals surface area (Å²) in [5, 5.41) is 10.2. The van der Waals surface area contributed by atoms with Crippen LogP contribution in [0.25, 0.3) is 22.8 Å². The highest BCUT2D eigenvalue weighted by molar-refractivity contribution is 6.06. The largest absolute Gasteiger partial charge is 0.493 e. The van der Waals surface area contributed by atoms with Crippen LogP contribution >= 0.6 is 0 Å². The molecular formula is C25H24N4O3. The van der Waals surface area contributed by atoms with Crippen LogP contribution in [0.5, 0.6) is 11.5 Å². The topological polar surface area (TPSA) is 89.1 Å². The minimum absolute atomic E-state index is 0.00173. The number of carbonyl (C=O) groups excluding carboxylic acids is 1. The van der Waals surface area contributed by atoms with Crippen LogP contribution in [0.2, 0.25) is 0 Å². The monoisotopic (exact) mass is 428 g/mol. The number of nitrogens with one attached hydrogen (secondary N) is 2. The van der Waals surface area contributed by atoms with Gasteiger partial charge in [0.15, 0.2) is 23.1 Å². The van der Waals surface area contributed by atoms with Crippen LogP contribution < -0.4 is 14.8 Å². The van der Waals surface area contributed by atoms with E-state index in [1.807, 2.05) is 68.4 Å². The molecule has 162 valence electrons. The summed E-state index contributed by atoms with van der Waals surface area (Å²) in [7, 11) is 1.55. The Balaban J connectivity index is 1.59. The highest BCUT2D eigenvalue weighted by atomic mass is 16.5. The van der Waals surface area contributed by atoms with Gasteiger partial charge in [-0.15, -0.1) is 0 Å². The molecule has 0 saturated heterocycles. The van der Waals surface area contributed by atoms with E-state index in [2.05, 4.69) is 20.5 Å². The molecule has 0 unspecified atom stereocenters. The maximum atomic E-state index is 13.0. The van der Waals surface area contributed by atoms with Crippen molar-refractivity contribution in [3.63, 3.8) is 0 Å². The molecule has 1 amide bonds. The van der Waals surface area contributed by atoms with Gasteiger partial charge in [0.2, 0.25) is 0 Å². The van der Waals surface area contributed by atoms with Crippen LogP contribution in [0, 0.1) is 0 Å². The molecule has 0 atom stereocenters. The van der Waals surface area contributed by atoms with Crippen LogP contribution in [-0.2, 0) is 0 Å². The van der Waals surface area contributed by atoms with Crippen LogP contribution in [-0.4, -0.2) is 34.3 Å². The third-order valence-corrected chi connectivity index (χ3v) is 4.74. The Hall–Kier alpha value is -4.13. The number of aromatic nitrogens is 3. The number of ether oxygens (including phenoxy) is 2. The molecule has 0 aliphatic carbocycles. The van der Waals surface area contributed by atoms with Gasteiger partial charge in [-0.3, -0.25) is 9.89 Å². The van der Waals surface area contributed by atoms with E-state index in [-0.39, 0.29) is 12.0 Å². The molecule has 1 aromatic heterocycles. The minimum atomic E-state index is -0.269. The lowest BCUT2D eigenvalue weighted by Gasteiger charge is -2.15.